The van der Waals surface area contributed by atoms with Gasteiger partial charge in [-0.05, 0) is 54.5 Å². The SMILES string of the molecule is CC.CCC1CCC(C(C)C)CC1.COc1cc2c(cc1NS(=O)/C(N)=C/S)CNC2=O.CS. The van der Waals surface area contributed by atoms with E-state index in [2.05, 4.69) is 56.1 Å². The van der Waals surface area contributed by atoms with Gasteiger partial charge < -0.3 is 15.8 Å². The Bertz CT molecular complexity index is 793. The second kappa shape index (κ2) is 18.0. The Morgan fingerprint density at radius 2 is 1.85 bits per heavy atom. The van der Waals surface area contributed by atoms with E-state index < -0.39 is 11.0 Å². The molecule has 6 nitrogen and oxygen atoms in total. The molecule has 4 N–H and O–H groups in total. The Kier molecular flexibility index (Phi) is 17.3. The number of carbonyl (C=O) groups excluding carboxylic acids is 1. The molecule has 2 aliphatic rings. The van der Waals surface area contributed by atoms with Crippen molar-refractivity contribution in [2.24, 2.45) is 23.5 Å². The van der Waals surface area contributed by atoms with Gasteiger partial charge in [0.2, 0.25) is 0 Å². The van der Waals surface area contributed by atoms with Gasteiger partial charge in [-0.1, -0.05) is 53.9 Å². The van der Waals surface area contributed by atoms with Gasteiger partial charge in [-0.3, -0.25) is 9.52 Å². The molecule has 0 radical (unpaired) electrons. The second-order valence-corrected chi connectivity index (χ2v) is 9.70. The highest BCUT2D eigenvalue weighted by molar-refractivity contribution is 7.91. The molecule has 0 saturated heterocycles. The molecule has 0 aromatic heterocycles. The highest BCUT2D eigenvalue weighted by Gasteiger charge is 2.23. The van der Waals surface area contributed by atoms with E-state index in [1.807, 2.05) is 13.8 Å². The third kappa shape index (κ3) is 10.1. The maximum Gasteiger partial charge on any atom is 0.252 e. The van der Waals surface area contributed by atoms with Gasteiger partial charge >= 0.3 is 0 Å². The minimum atomic E-state index is -1.61. The highest BCUT2D eigenvalue weighted by atomic mass is 32.2. The second-order valence-electron chi connectivity index (χ2n) is 8.23. The van der Waals surface area contributed by atoms with E-state index in [4.69, 9.17) is 10.5 Å². The highest BCUT2D eigenvalue weighted by Crippen LogP contribution is 2.34. The van der Waals surface area contributed by atoms with E-state index >= 15 is 0 Å². The van der Waals surface area contributed by atoms with Crippen molar-refractivity contribution in [1.29, 1.82) is 0 Å². The van der Waals surface area contributed by atoms with Gasteiger partial charge in [-0.25, -0.2) is 4.21 Å². The van der Waals surface area contributed by atoms with Gasteiger partial charge in [-0.15, -0.1) is 12.6 Å². The summed E-state index contributed by atoms with van der Waals surface area (Å²) in [4.78, 5) is 11.5. The summed E-state index contributed by atoms with van der Waals surface area (Å²) >= 11 is 7.37. The van der Waals surface area contributed by atoms with Crippen LogP contribution in [0, 0.1) is 17.8 Å². The molecule has 0 bridgehead atoms. The molecule has 3 rings (SSSR count). The van der Waals surface area contributed by atoms with Crippen molar-refractivity contribution < 1.29 is 13.7 Å². The molecule has 0 spiro atoms. The maximum absolute atomic E-state index is 11.8. The van der Waals surface area contributed by atoms with Crippen LogP contribution in [-0.4, -0.2) is 23.5 Å². The predicted octanol–water partition coefficient (Wildman–Crippen LogP) is 6.13. The van der Waals surface area contributed by atoms with E-state index in [9.17, 15) is 9.00 Å². The van der Waals surface area contributed by atoms with Crippen LogP contribution >= 0.6 is 25.3 Å². The predicted molar refractivity (Wildman–Crippen MR) is 154 cm³/mol. The molecule has 1 heterocycles. The topological polar surface area (TPSA) is 93.4 Å². The van der Waals surface area contributed by atoms with Gasteiger partial charge in [0, 0.05) is 17.5 Å². The number of amides is 1. The fourth-order valence-electron chi connectivity index (χ4n) is 3.97. The molecule has 1 aromatic rings. The fraction of sp³-hybridized carbons (Fsp3) is 0.640. The molecular formula is C25H45N3O3S3. The first-order valence-electron chi connectivity index (χ1n) is 12.0. The van der Waals surface area contributed by atoms with Crippen LogP contribution in [0.15, 0.2) is 22.6 Å². The van der Waals surface area contributed by atoms with Crippen LogP contribution in [0.3, 0.4) is 0 Å². The molecule has 1 aliphatic heterocycles. The van der Waals surface area contributed by atoms with Gasteiger partial charge in [0.1, 0.15) is 10.8 Å². The number of thiol groups is 2. The van der Waals surface area contributed by atoms with Crippen molar-refractivity contribution in [3.05, 3.63) is 33.7 Å². The van der Waals surface area contributed by atoms with Crippen molar-refractivity contribution in [2.75, 3.05) is 18.1 Å². The first kappa shape index (κ1) is 32.7. The molecule has 9 heteroatoms. The first-order valence-corrected chi connectivity index (χ1v) is 14.6. The normalized spacial score (nSPS) is 19.7. The number of nitrogens with two attached hydrogens (primary N) is 1. The van der Waals surface area contributed by atoms with Gasteiger partial charge in [-0.2, -0.15) is 12.6 Å². The zero-order chi connectivity index (χ0) is 26.3. The van der Waals surface area contributed by atoms with Crippen LogP contribution in [0.4, 0.5) is 5.69 Å². The van der Waals surface area contributed by atoms with Crippen LogP contribution in [0.25, 0.3) is 0 Å². The number of rotatable bonds is 6. The number of anilines is 1. The van der Waals surface area contributed by atoms with E-state index in [1.165, 1.54) is 44.6 Å². The summed E-state index contributed by atoms with van der Waals surface area (Å²) in [6.07, 6.45) is 9.09. The van der Waals surface area contributed by atoms with Gasteiger partial charge in [0.25, 0.3) is 5.91 Å². The summed E-state index contributed by atoms with van der Waals surface area (Å²) in [5.41, 5.74) is 7.39. The standard InChI is InChI=1S/C11H13N3O3S2.C11H22.C2H6.CH4S/c1-17-9-3-7-6(4-13-11(7)15)2-8(9)14-19(16)10(12)5-18;1-4-10-5-7-11(8-6-10)9(2)3;2*1-2/h2-3,5,14,18H,4,12H2,1H3,(H,13,15);9-11H,4-8H2,1-3H3;1-2H3;2H,1H3/b10-5+;;;. The van der Waals surface area contributed by atoms with Crippen molar-refractivity contribution in [2.45, 2.75) is 73.3 Å². The van der Waals surface area contributed by atoms with E-state index in [0.29, 0.717) is 23.5 Å². The summed E-state index contributed by atoms with van der Waals surface area (Å²) in [5.74, 6) is 3.31. The Morgan fingerprint density at radius 1 is 1.26 bits per heavy atom. The summed E-state index contributed by atoms with van der Waals surface area (Å²) in [6.45, 7) is 11.5. The lowest BCUT2D eigenvalue weighted by Crippen LogP contribution is -2.17. The molecule has 1 fully saturated rings. The van der Waals surface area contributed by atoms with Crippen LogP contribution < -0.4 is 20.5 Å². The van der Waals surface area contributed by atoms with E-state index in [-0.39, 0.29) is 10.9 Å². The maximum atomic E-state index is 11.8. The third-order valence-electron chi connectivity index (χ3n) is 6.06. The molecular weight excluding hydrogens is 486 g/mol. The Hall–Kier alpha value is -1.32. The Labute approximate surface area is 220 Å². The molecule has 196 valence electrons. The van der Waals surface area contributed by atoms with Crippen molar-refractivity contribution in [3.63, 3.8) is 0 Å². The number of hydrogen-bond acceptors (Lipinski definition) is 6. The summed E-state index contributed by atoms with van der Waals surface area (Å²) in [6, 6.07) is 3.33. The van der Waals surface area contributed by atoms with Crippen LogP contribution in [0.2, 0.25) is 0 Å². The summed E-state index contributed by atoms with van der Waals surface area (Å²) < 4.78 is 19.7. The van der Waals surface area contributed by atoms with E-state index in [1.54, 1.807) is 18.4 Å². The van der Waals surface area contributed by atoms with Gasteiger partial charge in [0.05, 0.1) is 12.8 Å². The average Bonchev–Trinajstić information content (AvgIpc) is 3.24. The number of carbonyl (C=O) groups is 1. The molecule has 1 unspecified atom stereocenters. The zero-order valence-corrected chi connectivity index (χ0v) is 24.4. The molecule has 1 amide bonds. The molecule has 34 heavy (non-hydrogen) atoms. The van der Waals surface area contributed by atoms with E-state index in [0.717, 1.165) is 23.3 Å². The Balaban J connectivity index is 0.000000618. The minimum absolute atomic E-state index is 0.0973. The lowest BCUT2D eigenvalue weighted by molar-refractivity contribution is 0.0965. The number of hydrogen-bond donors (Lipinski definition) is 5. The average molecular weight is 532 g/mol. The smallest absolute Gasteiger partial charge is 0.252 e. The molecule has 1 saturated carbocycles. The molecule has 1 aliphatic carbocycles. The van der Waals surface area contributed by atoms with Gasteiger partial charge in [0.15, 0.2) is 11.0 Å². The number of nitrogens with one attached hydrogen (secondary N) is 2. The van der Waals surface area contributed by atoms with Crippen molar-refractivity contribution >= 4 is 47.8 Å². The van der Waals surface area contributed by atoms with Crippen LogP contribution in [0.1, 0.15) is 82.6 Å². The quantitative estimate of drug-likeness (QED) is 0.285. The monoisotopic (exact) mass is 531 g/mol. The van der Waals surface area contributed by atoms with Crippen molar-refractivity contribution in [3.8, 4) is 5.75 Å². The largest absolute Gasteiger partial charge is 0.495 e. The minimum Gasteiger partial charge on any atom is -0.495 e. The lowest BCUT2D eigenvalue weighted by atomic mass is 9.76. The number of methoxy groups -OCH3 is 1. The summed E-state index contributed by atoms with van der Waals surface area (Å²) in [5, 5.41) is 4.06. The Morgan fingerprint density at radius 3 is 2.32 bits per heavy atom. The fourth-order valence-corrected chi connectivity index (χ4v) is 4.83. The van der Waals surface area contributed by atoms with Crippen molar-refractivity contribution in [1.82, 2.24) is 5.32 Å². The third-order valence-corrected chi connectivity index (χ3v) is 7.47. The zero-order valence-electron chi connectivity index (χ0n) is 21.8. The number of fused-ring (bicyclic) bond motifs is 1. The van der Waals surface area contributed by atoms with Crippen LogP contribution in [0.5, 0.6) is 5.75 Å². The number of benzene rings is 1. The molecule has 1 aromatic carbocycles. The molecule has 1 atom stereocenters. The first-order chi connectivity index (χ1) is 16.3. The number of ether oxygens (including phenoxy) is 1. The summed E-state index contributed by atoms with van der Waals surface area (Å²) in [7, 11) is -0.133. The van der Waals surface area contributed by atoms with Crippen LogP contribution in [-0.2, 0) is 17.5 Å². The lowest BCUT2D eigenvalue weighted by Gasteiger charge is -2.30.